The Morgan fingerprint density at radius 1 is 1.39 bits per heavy atom. The fourth-order valence-corrected chi connectivity index (χ4v) is 3.12. The molecule has 6 heteroatoms. The highest BCUT2D eigenvalue weighted by Gasteiger charge is 2.17. The predicted molar refractivity (Wildman–Crippen MR) is 79.6 cm³/mol. The molecule has 2 aromatic rings. The Bertz CT molecular complexity index is 569. The van der Waals surface area contributed by atoms with Crippen LogP contribution in [0.2, 0.25) is 10.0 Å². The molecule has 0 aliphatic rings. The fraction of sp³-hybridized carbons (Fsp3) is 0.417. The van der Waals surface area contributed by atoms with E-state index in [1.165, 1.54) is 11.3 Å². The van der Waals surface area contributed by atoms with Crippen LogP contribution in [0.3, 0.4) is 0 Å². The molecule has 0 saturated carbocycles. The number of hydrogen-bond donors (Lipinski definition) is 1. The van der Waals surface area contributed by atoms with Gasteiger partial charge in [0.2, 0.25) is 0 Å². The summed E-state index contributed by atoms with van der Waals surface area (Å²) in [6, 6.07) is 1.71. The zero-order chi connectivity index (χ0) is 13.3. The third-order valence-corrected chi connectivity index (χ3v) is 3.95. The van der Waals surface area contributed by atoms with Crippen molar-refractivity contribution in [3.63, 3.8) is 0 Å². The minimum absolute atomic E-state index is 0.0381. The van der Waals surface area contributed by atoms with Crippen molar-refractivity contribution in [3.8, 4) is 5.75 Å². The number of nitrogens with zero attached hydrogens (tertiary/aromatic N) is 1. The first-order valence-corrected chi connectivity index (χ1v) is 7.29. The highest BCUT2D eigenvalue weighted by Crippen LogP contribution is 2.42. The van der Waals surface area contributed by atoms with Gasteiger partial charge in [0.1, 0.15) is 5.52 Å². The molecule has 1 heterocycles. The van der Waals surface area contributed by atoms with Crippen molar-refractivity contribution >= 4 is 49.9 Å². The van der Waals surface area contributed by atoms with Gasteiger partial charge < -0.3 is 10.1 Å². The fourth-order valence-electron chi connectivity index (χ4n) is 1.57. The monoisotopic (exact) mass is 304 g/mol. The maximum absolute atomic E-state index is 6.19. The normalized spacial score (nSPS) is 11.2. The van der Waals surface area contributed by atoms with Crippen LogP contribution in [0.1, 0.15) is 20.8 Å². The van der Waals surface area contributed by atoms with Gasteiger partial charge in [-0.25, -0.2) is 4.98 Å². The van der Waals surface area contributed by atoms with E-state index in [-0.39, 0.29) is 6.10 Å². The molecule has 3 nitrogen and oxygen atoms in total. The molecule has 1 N–H and O–H groups in total. The number of halogens is 2. The molecule has 0 aliphatic carbocycles. The number of benzene rings is 1. The molecule has 0 atom stereocenters. The molecule has 1 aromatic carbocycles. The molecule has 1 aromatic heterocycles. The third-order valence-electron chi connectivity index (χ3n) is 2.21. The quantitative estimate of drug-likeness (QED) is 0.879. The second kappa shape index (κ2) is 5.51. The number of anilines is 1. The summed E-state index contributed by atoms with van der Waals surface area (Å²) in [5.74, 6) is 0.603. The maximum Gasteiger partial charge on any atom is 0.183 e. The SMILES string of the molecule is CCNc1nc2c(OC(C)C)c(Cl)cc(Cl)c2s1. The second-order valence-electron chi connectivity index (χ2n) is 4.06. The van der Waals surface area contributed by atoms with Gasteiger partial charge in [0.05, 0.1) is 20.8 Å². The Kier molecular flexibility index (Phi) is 4.20. The van der Waals surface area contributed by atoms with E-state index in [9.17, 15) is 0 Å². The molecule has 18 heavy (non-hydrogen) atoms. The van der Waals surface area contributed by atoms with E-state index >= 15 is 0 Å². The van der Waals surface area contributed by atoms with Crippen LogP contribution in [-0.4, -0.2) is 17.6 Å². The average molecular weight is 305 g/mol. The van der Waals surface area contributed by atoms with Gasteiger partial charge in [-0.1, -0.05) is 34.5 Å². The van der Waals surface area contributed by atoms with E-state index < -0.39 is 0 Å². The molecule has 0 saturated heterocycles. The minimum Gasteiger partial charge on any atom is -0.487 e. The van der Waals surface area contributed by atoms with Crippen molar-refractivity contribution in [2.24, 2.45) is 0 Å². The van der Waals surface area contributed by atoms with Crippen molar-refractivity contribution in [1.82, 2.24) is 4.98 Å². The van der Waals surface area contributed by atoms with Crippen LogP contribution in [0, 0.1) is 0 Å². The number of fused-ring (bicyclic) bond motifs is 1. The molecule has 0 unspecified atom stereocenters. The average Bonchev–Trinajstić information content (AvgIpc) is 2.69. The lowest BCUT2D eigenvalue weighted by atomic mass is 10.3. The molecule has 0 amide bonds. The van der Waals surface area contributed by atoms with Crippen LogP contribution in [0.15, 0.2) is 6.07 Å². The van der Waals surface area contributed by atoms with Crippen molar-refractivity contribution in [2.75, 3.05) is 11.9 Å². The van der Waals surface area contributed by atoms with Gasteiger partial charge in [-0.15, -0.1) is 0 Å². The van der Waals surface area contributed by atoms with Crippen molar-refractivity contribution in [3.05, 3.63) is 16.1 Å². The summed E-state index contributed by atoms with van der Waals surface area (Å²) >= 11 is 13.9. The number of thiazole rings is 1. The summed E-state index contributed by atoms with van der Waals surface area (Å²) in [5, 5.41) is 5.10. The van der Waals surface area contributed by atoms with E-state index in [0.29, 0.717) is 15.8 Å². The van der Waals surface area contributed by atoms with E-state index in [1.807, 2.05) is 20.8 Å². The Balaban J connectivity index is 2.60. The van der Waals surface area contributed by atoms with Gasteiger partial charge in [0.15, 0.2) is 10.9 Å². The molecule has 0 fully saturated rings. The first-order chi connectivity index (χ1) is 8.52. The largest absolute Gasteiger partial charge is 0.487 e. The lowest BCUT2D eigenvalue weighted by Gasteiger charge is -2.12. The highest BCUT2D eigenvalue weighted by molar-refractivity contribution is 7.22. The summed E-state index contributed by atoms with van der Waals surface area (Å²) in [5.41, 5.74) is 0.724. The molecule has 0 radical (unpaired) electrons. The van der Waals surface area contributed by atoms with Gasteiger partial charge in [0, 0.05) is 6.54 Å². The van der Waals surface area contributed by atoms with E-state index in [1.54, 1.807) is 6.07 Å². The Hall–Kier alpha value is -0.710. The Morgan fingerprint density at radius 2 is 2.11 bits per heavy atom. The standard InChI is InChI=1S/C12H14Cl2N2OS/c1-4-15-12-16-9-10(17-6(2)3)7(13)5-8(14)11(9)18-12/h5-6H,4H2,1-3H3,(H,15,16). The van der Waals surface area contributed by atoms with Gasteiger partial charge in [0.25, 0.3) is 0 Å². The summed E-state index contributed by atoms with van der Waals surface area (Å²) in [7, 11) is 0. The molecular formula is C12H14Cl2N2OS. The second-order valence-corrected chi connectivity index (χ2v) is 5.88. The summed E-state index contributed by atoms with van der Waals surface area (Å²) in [4.78, 5) is 4.49. The smallest absolute Gasteiger partial charge is 0.183 e. The summed E-state index contributed by atoms with van der Waals surface area (Å²) in [6.07, 6.45) is 0.0381. The molecule has 98 valence electrons. The maximum atomic E-state index is 6.19. The predicted octanol–water partition coefficient (Wildman–Crippen LogP) is 4.82. The van der Waals surface area contributed by atoms with Gasteiger partial charge in [-0.3, -0.25) is 0 Å². The lowest BCUT2D eigenvalue weighted by Crippen LogP contribution is -2.06. The van der Waals surface area contributed by atoms with Crippen LogP contribution in [0.4, 0.5) is 5.13 Å². The lowest BCUT2D eigenvalue weighted by molar-refractivity contribution is 0.245. The summed E-state index contributed by atoms with van der Waals surface area (Å²) < 4.78 is 6.63. The number of nitrogens with one attached hydrogen (secondary N) is 1. The first kappa shape index (κ1) is 13.7. The zero-order valence-corrected chi connectivity index (χ0v) is 12.7. The first-order valence-electron chi connectivity index (χ1n) is 5.72. The van der Waals surface area contributed by atoms with E-state index in [4.69, 9.17) is 27.9 Å². The third kappa shape index (κ3) is 2.66. The number of hydrogen-bond acceptors (Lipinski definition) is 4. The molecule has 0 spiro atoms. The summed E-state index contributed by atoms with van der Waals surface area (Å²) in [6.45, 7) is 6.74. The van der Waals surface area contributed by atoms with E-state index in [2.05, 4.69) is 10.3 Å². The van der Waals surface area contributed by atoms with Crippen molar-refractivity contribution in [1.29, 1.82) is 0 Å². The van der Waals surface area contributed by atoms with Crippen LogP contribution < -0.4 is 10.1 Å². The van der Waals surface area contributed by atoms with Crippen LogP contribution in [0.25, 0.3) is 10.2 Å². The number of ether oxygens (including phenoxy) is 1. The highest BCUT2D eigenvalue weighted by atomic mass is 35.5. The minimum atomic E-state index is 0.0381. The van der Waals surface area contributed by atoms with Gasteiger partial charge >= 0.3 is 0 Å². The zero-order valence-electron chi connectivity index (χ0n) is 10.4. The molecule has 2 rings (SSSR count). The Labute approximate surface area is 120 Å². The van der Waals surface area contributed by atoms with Crippen LogP contribution in [0.5, 0.6) is 5.75 Å². The molecule has 0 bridgehead atoms. The van der Waals surface area contributed by atoms with Gasteiger partial charge in [-0.05, 0) is 26.8 Å². The van der Waals surface area contributed by atoms with Crippen molar-refractivity contribution in [2.45, 2.75) is 26.9 Å². The van der Waals surface area contributed by atoms with E-state index in [0.717, 1.165) is 21.9 Å². The number of aromatic nitrogens is 1. The number of rotatable bonds is 4. The molecular weight excluding hydrogens is 291 g/mol. The van der Waals surface area contributed by atoms with Gasteiger partial charge in [-0.2, -0.15) is 0 Å². The van der Waals surface area contributed by atoms with Crippen molar-refractivity contribution < 1.29 is 4.74 Å². The topological polar surface area (TPSA) is 34.2 Å². The van der Waals surface area contributed by atoms with Crippen LogP contribution >= 0.6 is 34.5 Å². The Morgan fingerprint density at radius 3 is 2.72 bits per heavy atom. The van der Waals surface area contributed by atoms with Crippen LogP contribution in [-0.2, 0) is 0 Å². The molecule has 0 aliphatic heterocycles.